The Balaban J connectivity index is 1.29. The normalized spacial score (nSPS) is 16.0. The predicted octanol–water partition coefficient (Wildman–Crippen LogP) is 3.00. The largest absolute Gasteiger partial charge is 0.491 e. The third-order valence-electron chi connectivity index (χ3n) is 4.72. The minimum atomic E-state index is -0.476. The molecule has 0 aliphatic carbocycles. The molecule has 0 aromatic heterocycles. The molecule has 0 saturated carbocycles. The molecule has 7 nitrogen and oxygen atoms in total. The van der Waals surface area contributed by atoms with Gasteiger partial charge in [0.15, 0.2) is 0 Å². The quantitative estimate of drug-likeness (QED) is 0.641. The van der Waals surface area contributed by atoms with Crippen molar-refractivity contribution in [3.8, 4) is 5.75 Å². The highest BCUT2D eigenvalue weighted by atomic mass is 16.5. The Morgan fingerprint density at radius 1 is 1.07 bits per heavy atom. The summed E-state index contributed by atoms with van der Waals surface area (Å²) >= 11 is 0. The lowest BCUT2D eigenvalue weighted by molar-refractivity contribution is -0.139. The van der Waals surface area contributed by atoms with Gasteiger partial charge in [-0.3, -0.25) is 4.79 Å². The molecule has 0 bridgehead atoms. The van der Waals surface area contributed by atoms with Crippen molar-refractivity contribution in [2.45, 2.75) is 25.6 Å². The monoisotopic (exact) mass is 412 g/mol. The fraction of sp³-hybridized carbons (Fsp3) is 0.391. The van der Waals surface area contributed by atoms with Crippen molar-refractivity contribution in [2.24, 2.45) is 0 Å². The number of morpholine rings is 1. The van der Waals surface area contributed by atoms with E-state index in [2.05, 4.69) is 5.32 Å². The van der Waals surface area contributed by atoms with Crippen molar-refractivity contribution >= 4 is 12.0 Å². The van der Waals surface area contributed by atoms with Crippen LogP contribution in [0.1, 0.15) is 18.4 Å². The number of amides is 2. The van der Waals surface area contributed by atoms with Crippen LogP contribution in [0.3, 0.4) is 0 Å². The highest BCUT2D eigenvalue weighted by molar-refractivity contribution is 5.76. The first-order valence-corrected chi connectivity index (χ1v) is 10.2. The molecule has 1 saturated heterocycles. The molecular formula is C23H28N2O5. The topological polar surface area (TPSA) is 77.1 Å². The molecule has 2 aromatic carbocycles. The first-order valence-electron chi connectivity index (χ1n) is 10.2. The van der Waals surface area contributed by atoms with Crippen molar-refractivity contribution < 1.29 is 23.8 Å². The molecule has 30 heavy (non-hydrogen) atoms. The molecule has 1 atom stereocenters. The molecular weight excluding hydrogens is 384 g/mol. The number of ether oxygens (including phenoxy) is 3. The van der Waals surface area contributed by atoms with Gasteiger partial charge in [0.05, 0.1) is 13.2 Å². The van der Waals surface area contributed by atoms with E-state index in [4.69, 9.17) is 14.2 Å². The number of alkyl carbamates (subject to hydrolysis) is 1. The first kappa shape index (κ1) is 21.6. The Kier molecular flexibility index (Phi) is 8.53. The third-order valence-corrected chi connectivity index (χ3v) is 4.72. The van der Waals surface area contributed by atoms with Gasteiger partial charge in [0, 0.05) is 19.5 Å². The number of nitrogens with zero attached hydrogens (tertiary/aromatic N) is 1. The highest BCUT2D eigenvalue weighted by Crippen LogP contribution is 2.12. The van der Waals surface area contributed by atoms with Crippen molar-refractivity contribution in [3.05, 3.63) is 66.2 Å². The average Bonchev–Trinajstić information content (AvgIpc) is 2.80. The second-order valence-electron chi connectivity index (χ2n) is 7.05. The van der Waals surface area contributed by atoms with Crippen LogP contribution in [0.5, 0.6) is 5.75 Å². The minimum absolute atomic E-state index is 0.0578. The van der Waals surface area contributed by atoms with E-state index >= 15 is 0 Å². The Hall–Kier alpha value is -3.06. The van der Waals surface area contributed by atoms with E-state index in [1.165, 1.54) is 0 Å². The average molecular weight is 412 g/mol. The van der Waals surface area contributed by atoms with Gasteiger partial charge in [-0.25, -0.2) is 4.79 Å². The SMILES string of the molecule is O=C(NCCCC(=O)N1CCOC(COc2ccccc2)C1)OCc1ccccc1. The van der Waals surface area contributed by atoms with Gasteiger partial charge in [0.25, 0.3) is 0 Å². The lowest BCUT2D eigenvalue weighted by Gasteiger charge is -2.33. The van der Waals surface area contributed by atoms with Gasteiger partial charge in [-0.2, -0.15) is 0 Å². The number of nitrogens with one attached hydrogen (secondary N) is 1. The number of carbonyl (C=O) groups excluding carboxylic acids is 2. The van der Waals surface area contributed by atoms with Crippen LogP contribution in [0.25, 0.3) is 0 Å². The molecule has 7 heteroatoms. The lowest BCUT2D eigenvalue weighted by Crippen LogP contribution is -2.47. The lowest BCUT2D eigenvalue weighted by atomic mass is 10.2. The molecule has 1 aliphatic rings. The molecule has 2 amide bonds. The van der Waals surface area contributed by atoms with Crippen molar-refractivity contribution in [1.29, 1.82) is 0 Å². The number of benzene rings is 2. The van der Waals surface area contributed by atoms with E-state index in [-0.39, 0.29) is 18.6 Å². The second-order valence-corrected chi connectivity index (χ2v) is 7.05. The van der Waals surface area contributed by atoms with Crippen molar-refractivity contribution in [3.63, 3.8) is 0 Å². The van der Waals surface area contributed by atoms with Gasteiger partial charge >= 0.3 is 6.09 Å². The zero-order valence-electron chi connectivity index (χ0n) is 17.0. The van der Waals surface area contributed by atoms with Gasteiger partial charge in [-0.1, -0.05) is 48.5 Å². The number of hydrogen-bond donors (Lipinski definition) is 1. The van der Waals surface area contributed by atoms with E-state index in [0.29, 0.717) is 45.7 Å². The van der Waals surface area contributed by atoms with Crippen LogP contribution >= 0.6 is 0 Å². The van der Waals surface area contributed by atoms with Gasteiger partial charge in [-0.05, 0) is 24.1 Å². The standard InChI is InChI=1S/C23H28N2O5/c26-22(12-7-13-24-23(27)30-17-19-8-3-1-4-9-19)25-14-15-28-21(16-25)18-29-20-10-5-2-6-11-20/h1-6,8-11,21H,7,12-18H2,(H,24,27). The predicted molar refractivity (Wildman–Crippen MR) is 112 cm³/mol. The Morgan fingerprint density at radius 2 is 1.80 bits per heavy atom. The molecule has 1 fully saturated rings. The van der Waals surface area contributed by atoms with Gasteiger partial charge in [0.2, 0.25) is 5.91 Å². The van der Waals surface area contributed by atoms with E-state index in [0.717, 1.165) is 11.3 Å². The summed E-state index contributed by atoms with van der Waals surface area (Å²) in [6, 6.07) is 19.0. The molecule has 1 N–H and O–H groups in total. The van der Waals surface area contributed by atoms with Crippen LogP contribution in [-0.2, 0) is 20.9 Å². The summed E-state index contributed by atoms with van der Waals surface area (Å²) in [5.41, 5.74) is 0.931. The molecule has 0 radical (unpaired) electrons. The number of rotatable bonds is 9. The van der Waals surface area contributed by atoms with Crippen LogP contribution in [0.4, 0.5) is 4.79 Å². The van der Waals surface area contributed by atoms with Crippen molar-refractivity contribution in [2.75, 3.05) is 32.8 Å². The Labute approximate surface area is 176 Å². The Bertz CT molecular complexity index is 785. The maximum atomic E-state index is 12.5. The summed E-state index contributed by atoms with van der Waals surface area (Å²) in [6.45, 7) is 2.61. The molecule has 1 unspecified atom stereocenters. The summed E-state index contributed by atoms with van der Waals surface area (Å²) in [5, 5.41) is 2.68. The van der Waals surface area contributed by atoms with Crippen LogP contribution in [0.15, 0.2) is 60.7 Å². The van der Waals surface area contributed by atoms with Crippen molar-refractivity contribution in [1.82, 2.24) is 10.2 Å². The van der Waals surface area contributed by atoms with E-state index in [9.17, 15) is 9.59 Å². The van der Waals surface area contributed by atoms with E-state index in [1.54, 1.807) is 4.90 Å². The molecule has 2 aromatic rings. The summed E-state index contributed by atoms with van der Waals surface area (Å²) in [4.78, 5) is 26.0. The van der Waals surface area contributed by atoms with Crippen LogP contribution in [0, 0.1) is 0 Å². The number of para-hydroxylation sites is 1. The summed E-state index contributed by atoms with van der Waals surface area (Å²) in [5.74, 6) is 0.845. The maximum absolute atomic E-state index is 12.5. The fourth-order valence-corrected chi connectivity index (χ4v) is 3.11. The third kappa shape index (κ3) is 7.40. The fourth-order valence-electron chi connectivity index (χ4n) is 3.11. The smallest absolute Gasteiger partial charge is 0.407 e. The Morgan fingerprint density at radius 3 is 2.57 bits per heavy atom. The van der Waals surface area contributed by atoms with Gasteiger partial charge in [-0.15, -0.1) is 0 Å². The maximum Gasteiger partial charge on any atom is 0.407 e. The highest BCUT2D eigenvalue weighted by Gasteiger charge is 2.24. The zero-order valence-corrected chi connectivity index (χ0v) is 17.0. The minimum Gasteiger partial charge on any atom is -0.491 e. The molecule has 0 spiro atoms. The van der Waals surface area contributed by atoms with Crippen LogP contribution in [-0.4, -0.2) is 55.9 Å². The molecule has 160 valence electrons. The molecule has 3 rings (SSSR count). The zero-order chi connectivity index (χ0) is 21.0. The number of carbonyl (C=O) groups is 2. The first-order chi connectivity index (χ1) is 14.7. The summed E-state index contributed by atoms with van der Waals surface area (Å²) < 4.78 is 16.6. The van der Waals surface area contributed by atoms with Gasteiger partial charge in [0.1, 0.15) is 25.1 Å². The van der Waals surface area contributed by atoms with Gasteiger partial charge < -0.3 is 24.4 Å². The second kappa shape index (κ2) is 11.8. The van der Waals surface area contributed by atoms with E-state index < -0.39 is 6.09 Å². The summed E-state index contributed by atoms with van der Waals surface area (Å²) in [7, 11) is 0. The number of hydrogen-bond acceptors (Lipinski definition) is 5. The summed E-state index contributed by atoms with van der Waals surface area (Å²) in [6.07, 6.45) is 0.303. The van der Waals surface area contributed by atoms with Crippen LogP contribution < -0.4 is 10.1 Å². The molecule has 1 heterocycles. The molecule has 1 aliphatic heterocycles. The van der Waals surface area contributed by atoms with Crippen LogP contribution in [0.2, 0.25) is 0 Å². The van der Waals surface area contributed by atoms with E-state index in [1.807, 2.05) is 60.7 Å².